The molecule has 3 rings (SSSR count). The summed E-state index contributed by atoms with van der Waals surface area (Å²) < 4.78 is 10.4. The molecule has 0 saturated heterocycles. The van der Waals surface area contributed by atoms with Crippen LogP contribution in [0.15, 0.2) is 52.2 Å². The predicted molar refractivity (Wildman–Crippen MR) is 78.3 cm³/mol. The molecule has 1 amide bonds. The summed E-state index contributed by atoms with van der Waals surface area (Å²) in [5.41, 5.74) is 1.84. The first kappa shape index (κ1) is 13.4. The zero-order valence-corrected chi connectivity index (χ0v) is 11.8. The lowest BCUT2D eigenvalue weighted by atomic mass is 10.1. The average molecular weight is 284 g/mol. The van der Waals surface area contributed by atoms with Crippen LogP contribution in [0, 0.1) is 0 Å². The molecule has 0 N–H and O–H groups in total. The molecule has 0 spiro atoms. The molecule has 0 fully saturated rings. The Balaban J connectivity index is 1.63. The quantitative estimate of drug-likeness (QED) is 0.847. The summed E-state index contributed by atoms with van der Waals surface area (Å²) in [5, 5.41) is 5.86. The van der Waals surface area contributed by atoms with E-state index in [4.69, 9.17) is 9.15 Å². The molecule has 108 valence electrons. The smallest absolute Gasteiger partial charge is 0.248 e. The summed E-state index contributed by atoms with van der Waals surface area (Å²) in [6.45, 7) is 0.565. The highest BCUT2D eigenvalue weighted by Crippen LogP contribution is 2.17. The fourth-order valence-electron chi connectivity index (χ4n) is 2.25. The third-order valence-electron chi connectivity index (χ3n) is 3.42. The molecule has 0 atom stereocenters. The van der Waals surface area contributed by atoms with E-state index in [1.807, 2.05) is 30.3 Å². The summed E-state index contributed by atoms with van der Waals surface area (Å²) in [5.74, 6) is 1.50. The van der Waals surface area contributed by atoms with Crippen LogP contribution in [-0.2, 0) is 11.2 Å². The number of hydrogen-bond donors (Lipinski definition) is 0. The number of amides is 1. The lowest BCUT2D eigenvalue weighted by Crippen LogP contribution is -2.23. The number of furan rings is 1. The third kappa shape index (κ3) is 2.97. The van der Waals surface area contributed by atoms with Crippen LogP contribution >= 0.6 is 0 Å². The van der Waals surface area contributed by atoms with E-state index in [2.05, 4.69) is 5.10 Å². The first-order valence-corrected chi connectivity index (χ1v) is 6.81. The van der Waals surface area contributed by atoms with Crippen molar-refractivity contribution in [2.45, 2.75) is 12.8 Å². The molecule has 5 nitrogen and oxygen atoms in total. The molecule has 0 radical (unpaired) electrons. The number of carbonyl (C=O) groups excluding carboxylic acids is 1. The Morgan fingerprint density at radius 1 is 1.29 bits per heavy atom. The molecule has 1 aromatic heterocycles. The van der Waals surface area contributed by atoms with E-state index in [9.17, 15) is 4.79 Å². The zero-order chi connectivity index (χ0) is 14.7. The fraction of sp³-hybridized carbons (Fsp3) is 0.250. The maximum atomic E-state index is 12.0. The zero-order valence-electron chi connectivity index (χ0n) is 11.8. The highest BCUT2D eigenvalue weighted by molar-refractivity contribution is 6.12. The number of hydrazone groups is 1. The van der Waals surface area contributed by atoms with Crippen LogP contribution < -0.4 is 4.74 Å². The number of rotatable bonds is 5. The van der Waals surface area contributed by atoms with Crippen LogP contribution in [0.4, 0.5) is 0 Å². The van der Waals surface area contributed by atoms with Gasteiger partial charge in [-0.25, -0.2) is 5.01 Å². The van der Waals surface area contributed by atoms with E-state index in [1.54, 1.807) is 19.4 Å². The first-order valence-electron chi connectivity index (χ1n) is 6.81. The van der Waals surface area contributed by atoms with Gasteiger partial charge in [0.1, 0.15) is 17.2 Å². The van der Waals surface area contributed by atoms with Crippen molar-refractivity contribution in [3.8, 4) is 5.75 Å². The SMILES string of the molecule is COc1ccc(CCN2N=C(c3ccco3)CC2=O)cc1. The lowest BCUT2D eigenvalue weighted by molar-refractivity contribution is -0.128. The van der Waals surface area contributed by atoms with Gasteiger partial charge in [0.25, 0.3) is 0 Å². The number of ether oxygens (including phenoxy) is 1. The van der Waals surface area contributed by atoms with Crippen LogP contribution in [0.25, 0.3) is 0 Å². The van der Waals surface area contributed by atoms with E-state index in [-0.39, 0.29) is 5.91 Å². The van der Waals surface area contributed by atoms with Crippen molar-refractivity contribution in [2.24, 2.45) is 5.10 Å². The molecule has 0 bridgehead atoms. The fourth-order valence-corrected chi connectivity index (χ4v) is 2.25. The molecule has 0 saturated carbocycles. The van der Waals surface area contributed by atoms with Gasteiger partial charge in [-0.3, -0.25) is 4.79 Å². The van der Waals surface area contributed by atoms with Crippen LogP contribution in [0.5, 0.6) is 5.75 Å². The maximum Gasteiger partial charge on any atom is 0.248 e. The Morgan fingerprint density at radius 3 is 2.76 bits per heavy atom. The average Bonchev–Trinajstić information content (AvgIpc) is 3.15. The van der Waals surface area contributed by atoms with Gasteiger partial charge in [0.2, 0.25) is 5.91 Å². The largest absolute Gasteiger partial charge is 0.497 e. The Bertz CT molecular complexity index is 645. The molecule has 0 unspecified atom stereocenters. The molecule has 1 aliphatic heterocycles. The Hall–Kier alpha value is -2.56. The van der Waals surface area contributed by atoms with Gasteiger partial charge in [-0.15, -0.1) is 0 Å². The first-order chi connectivity index (χ1) is 10.3. The van der Waals surface area contributed by atoms with Gasteiger partial charge in [0.05, 0.1) is 19.8 Å². The van der Waals surface area contributed by atoms with Gasteiger partial charge < -0.3 is 9.15 Å². The Labute approximate surface area is 122 Å². The van der Waals surface area contributed by atoms with Crippen molar-refractivity contribution in [3.05, 3.63) is 54.0 Å². The van der Waals surface area contributed by atoms with Gasteiger partial charge in [-0.05, 0) is 36.2 Å². The molecule has 5 heteroatoms. The van der Waals surface area contributed by atoms with Gasteiger partial charge in [0.15, 0.2) is 0 Å². The maximum absolute atomic E-state index is 12.0. The standard InChI is InChI=1S/C16H16N2O3/c1-20-13-6-4-12(5-7-13)8-9-18-16(19)11-14(17-18)15-3-2-10-21-15/h2-7,10H,8-9,11H2,1H3. The van der Waals surface area contributed by atoms with Crippen molar-refractivity contribution in [3.63, 3.8) is 0 Å². The summed E-state index contributed by atoms with van der Waals surface area (Å²) in [7, 11) is 1.64. The molecule has 21 heavy (non-hydrogen) atoms. The molecule has 2 heterocycles. The second-order valence-corrected chi connectivity index (χ2v) is 4.82. The molecular weight excluding hydrogens is 268 g/mol. The highest BCUT2D eigenvalue weighted by atomic mass is 16.5. The summed E-state index contributed by atoms with van der Waals surface area (Å²) >= 11 is 0. The summed E-state index contributed by atoms with van der Waals surface area (Å²) in [6, 6.07) is 11.4. The third-order valence-corrected chi connectivity index (χ3v) is 3.42. The molecular formula is C16H16N2O3. The monoisotopic (exact) mass is 284 g/mol. The van der Waals surface area contributed by atoms with Crippen molar-refractivity contribution in [1.29, 1.82) is 0 Å². The minimum atomic E-state index is 0.00918. The van der Waals surface area contributed by atoms with Gasteiger partial charge >= 0.3 is 0 Å². The van der Waals surface area contributed by atoms with Crippen molar-refractivity contribution in [1.82, 2.24) is 5.01 Å². The second-order valence-electron chi connectivity index (χ2n) is 4.82. The van der Waals surface area contributed by atoms with Crippen molar-refractivity contribution >= 4 is 11.6 Å². The Morgan fingerprint density at radius 2 is 2.10 bits per heavy atom. The van der Waals surface area contributed by atoms with Crippen LogP contribution in [0.1, 0.15) is 17.7 Å². The van der Waals surface area contributed by atoms with E-state index in [0.29, 0.717) is 24.4 Å². The van der Waals surface area contributed by atoms with Gasteiger partial charge in [0, 0.05) is 6.54 Å². The number of nitrogens with zero attached hydrogens (tertiary/aromatic N) is 2. The van der Waals surface area contributed by atoms with Crippen molar-refractivity contribution < 1.29 is 13.9 Å². The molecule has 1 aliphatic rings. The van der Waals surface area contributed by atoms with Crippen molar-refractivity contribution in [2.75, 3.05) is 13.7 Å². The van der Waals surface area contributed by atoms with Crippen LogP contribution in [0.2, 0.25) is 0 Å². The number of carbonyl (C=O) groups is 1. The minimum Gasteiger partial charge on any atom is -0.497 e. The van der Waals surface area contributed by atoms with E-state index in [1.165, 1.54) is 5.01 Å². The number of methoxy groups -OCH3 is 1. The van der Waals surface area contributed by atoms with Crippen LogP contribution in [-0.4, -0.2) is 30.3 Å². The minimum absolute atomic E-state index is 0.00918. The molecule has 1 aromatic carbocycles. The van der Waals surface area contributed by atoms with Gasteiger partial charge in [-0.2, -0.15) is 5.10 Å². The Kier molecular flexibility index (Phi) is 3.73. The highest BCUT2D eigenvalue weighted by Gasteiger charge is 2.25. The van der Waals surface area contributed by atoms with Gasteiger partial charge in [-0.1, -0.05) is 12.1 Å². The van der Waals surface area contributed by atoms with E-state index in [0.717, 1.165) is 17.7 Å². The number of benzene rings is 1. The topological polar surface area (TPSA) is 55.0 Å². The predicted octanol–water partition coefficient (Wildman–Crippen LogP) is 2.47. The normalized spacial score (nSPS) is 14.4. The van der Waals surface area contributed by atoms with Crippen LogP contribution in [0.3, 0.4) is 0 Å². The summed E-state index contributed by atoms with van der Waals surface area (Å²) in [4.78, 5) is 12.0. The van der Waals surface area contributed by atoms with E-state index >= 15 is 0 Å². The molecule has 0 aliphatic carbocycles. The molecule has 2 aromatic rings. The summed E-state index contributed by atoms with van der Waals surface area (Å²) in [6.07, 6.45) is 2.64. The number of hydrogen-bond acceptors (Lipinski definition) is 4. The second kappa shape index (κ2) is 5.83. The van der Waals surface area contributed by atoms with E-state index < -0.39 is 0 Å². The lowest BCUT2D eigenvalue weighted by Gasteiger charge is -2.11.